The van der Waals surface area contributed by atoms with Gasteiger partial charge in [0, 0.05) is 30.0 Å². The van der Waals surface area contributed by atoms with Crippen molar-refractivity contribution in [2.75, 3.05) is 30.4 Å². The van der Waals surface area contributed by atoms with Gasteiger partial charge in [-0.25, -0.2) is 28.6 Å². The zero-order valence-electron chi connectivity index (χ0n) is 41.9. The molecule has 396 valence electrons. The number of β-lactam (4-membered cyclic amide) rings is 1. The summed E-state index contributed by atoms with van der Waals surface area (Å²) in [6.45, 7) is 20.7. The monoisotopic (exact) mass is 1050 g/mol. The van der Waals surface area contributed by atoms with E-state index in [2.05, 4.69) is 42.3 Å². The number of aromatic nitrogens is 3. The number of alkyl carbamates (subject to hydrolysis) is 1. The molecule has 2 atom stereocenters. The van der Waals surface area contributed by atoms with Crippen molar-refractivity contribution in [2.45, 2.75) is 124 Å². The van der Waals surface area contributed by atoms with Gasteiger partial charge in [-0.3, -0.25) is 24.8 Å². The van der Waals surface area contributed by atoms with E-state index in [1.54, 1.807) is 84.9 Å². The summed E-state index contributed by atoms with van der Waals surface area (Å²) < 4.78 is 82.8. The quantitative estimate of drug-likeness (QED) is 0.0115. The van der Waals surface area contributed by atoms with E-state index in [0.29, 0.717) is 18.0 Å². The number of ether oxygens (including phenoxy) is 5. The standard InChI is InChI=1S/C44H60FN9O16S2/c1-14-20-64-39(59)49-33-27(22-53(52(33)13)19-15-18-46-38(58)67-42(5,6)7)26-17-16-25(21-28(26)45)65-23-30(36(57)66-41(2,3)4)69-51-31(29-24-71-37(47-29)50-40(60)68-43(8,9)10)34(55)48-32-35(56)54(44(32,11)12)70-72(61,62)63/h14,16-17,21-22,24,30,32H,1,15,18-20,23H2,2-13H3,(H4,46,47,48,50,55,58,60,61,62,63)/p+1/b51-31-/t30?,32-/m1/s1. The van der Waals surface area contributed by atoms with Gasteiger partial charge in [0.15, 0.2) is 23.2 Å². The predicted octanol–water partition coefficient (Wildman–Crippen LogP) is 4.92. The second-order valence-corrected chi connectivity index (χ2v) is 21.1. The van der Waals surface area contributed by atoms with Gasteiger partial charge in [-0.15, -0.1) is 25.0 Å². The van der Waals surface area contributed by atoms with Crippen LogP contribution in [0.3, 0.4) is 0 Å². The molecule has 28 heteroatoms. The number of halogens is 1. The minimum atomic E-state index is -5.14. The van der Waals surface area contributed by atoms with E-state index >= 15 is 4.39 Å². The Morgan fingerprint density at radius 2 is 1.62 bits per heavy atom. The predicted molar refractivity (Wildman–Crippen MR) is 255 cm³/mol. The molecule has 3 heterocycles. The first-order chi connectivity index (χ1) is 33.2. The molecule has 0 aliphatic carbocycles. The number of rotatable bonds is 20. The molecular weight excluding hydrogens is 994 g/mol. The number of benzene rings is 1. The van der Waals surface area contributed by atoms with Gasteiger partial charge in [-0.2, -0.15) is 13.5 Å². The maximum atomic E-state index is 16.2. The lowest BCUT2D eigenvalue weighted by atomic mass is 9.84. The maximum absolute atomic E-state index is 16.2. The number of oxime groups is 1. The summed E-state index contributed by atoms with van der Waals surface area (Å²) in [6.07, 6.45) is -0.740. The maximum Gasteiger partial charge on any atom is 0.418 e. The normalized spacial score (nSPS) is 15.3. The Morgan fingerprint density at radius 3 is 2.21 bits per heavy atom. The Balaban J connectivity index is 1.65. The number of hydroxylamine groups is 2. The molecule has 0 radical (unpaired) electrons. The topological polar surface area (TPSA) is 307 Å². The highest BCUT2D eigenvalue weighted by Gasteiger charge is 2.58. The number of anilines is 2. The van der Waals surface area contributed by atoms with Crippen molar-refractivity contribution in [2.24, 2.45) is 12.2 Å². The summed E-state index contributed by atoms with van der Waals surface area (Å²) in [5, 5.41) is 15.6. The molecule has 5 amide bonds. The highest BCUT2D eigenvalue weighted by atomic mass is 32.3. The molecule has 72 heavy (non-hydrogen) atoms. The van der Waals surface area contributed by atoms with Crippen LogP contribution in [0.25, 0.3) is 11.1 Å². The molecule has 2 aromatic heterocycles. The van der Waals surface area contributed by atoms with Crippen molar-refractivity contribution >= 4 is 74.5 Å². The first kappa shape index (κ1) is 57.7. The minimum absolute atomic E-state index is 0.00683. The molecule has 0 saturated carbocycles. The van der Waals surface area contributed by atoms with Crippen molar-refractivity contribution in [3.05, 3.63) is 53.9 Å². The average Bonchev–Trinajstić information content (AvgIpc) is 3.81. The third kappa shape index (κ3) is 16.9. The summed E-state index contributed by atoms with van der Waals surface area (Å²) in [5.41, 5.74) is -4.90. The second-order valence-electron chi connectivity index (χ2n) is 19.3. The highest BCUT2D eigenvalue weighted by molar-refractivity contribution is 7.80. The Labute approximate surface area is 419 Å². The van der Waals surface area contributed by atoms with Gasteiger partial charge in [0.2, 0.25) is 6.20 Å². The number of hydrogen-bond donors (Lipinski definition) is 5. The molecule has 5 N–H and O–H groups in total. The van der Waals surface area contributed by atoms with Gasteiger partial charge >= 0.3 is 34.6 Å². The third-order valence-electron chi connectivity index (χ3n) is 9.29. The molecule has 1 aromatic carbocycles. The van der Waals surface area contributed by atoms with Crippen molar-refractivity contribution in [3.8, 4) is 16.9 Å². The fraction of sp³-hybridized carbons (Fsp3) is 0.523. The molecular formula is C44H61FN9O16S2+. The van der Waals surface area contributed by atoms with Crippen LogP contribution < -0.4 is 30.7 Å². The van der Waals surface area contributed by atoms with Crippen LogP contribution in [-0.4, -0.2) is 124 Å². The van der Waals surface area contributed by atoms with E-state index in [1.807, 2.05) is 0 Å². The number of carbonyl (C=O) groups excluding carboxylic acids is 6. The molecule has 1 fully saturated rings. The van der Waals surface area contributed by atoms with Crippen LogP contribution in [0, 0.1) is 5.82 Å². The van der Waals surface area contributed by atoms with Crippen molar-refractivity contribution < 1.29 is 83.6 Å². The molecule has 1 saturated heterocycles. The van der Waals surface area contributed by atoms with Gasteiger partial charge < -0.3 is 39.2 Å². The van der Waals surface area contributed by atoms with Crippen LogP contribution in [-0.2, 0) is 66.4 Å². The lowest BCUT2D eigenvalue weighted by Crippen LogP contribution is -2.76. The molecule has 0 bridgehead atoms. The van der Waals surface area contributed by atoms with Crippen LogP contribution >= 0.6 is 11.3 Å². The zero-order chi connectivity index (χ0) is 54.1. The van der Waals surface area contributed by atoms with Gasteiger partial charge in [0.25, 0.3) is 17.9 Å². The Kier molecular flexibility index (Phi) is 18.5. The first-order valence-corrected chi connectivity index (χ1v) is 24.2. The summed E-state index contributed by atoms with van der Waals surface area (Å²) >= 11 is 0.835. The van der Waals surface area contributed by atoms with Crippen LogP contribution in [0.15, 0.2) is 47.6 Å². The molecule has 1 aliphatic heterocycles. The van der Waals surface area contributed by atoms with E-state index in [9.17, 15) is 41.7 Å². The summed E-state index contributed by atoms with van der Waals surface area (Å²) in [5.74, 6) is -4.08. The van der Waals surface area contributed by atoms with Gasteiger partial charge in [-0.05, 0) is 88.3 Å². The number of amides is 5. The third-order valence-corrected chi connectivity index (χ3v) is 10.4. The Morgan fingerprint density at radius 1 is 0.986 bits per heavy atom. The molecule has 0 spiro atoms. The van der Waals surface area contributed by atoms with Gasteiger partial charge in [0.05, 0.1) is 18.2 Å². The van der Waals surface area contributed by atoms with Crippen LogP contribution in [0.4, 0.5) is 29.7 Å². The smallest absolute Gasteiger partial charge is 0.418 e. The summed E-state index contributed by atoms with van der Waals surface area (Å²) in [6, 6.07) is 2.27. The SMILES string of the molecule is C=CCOC(=O)Nc1c(-c2ccc(OCC(O/N=C(\C(=O)N[C@@H]3C(=O)N(OS(=O)(=O)O)C3(C)C)c3csc(NC(=O)OC(C)(C)C)n3)C(=O)OC(C)(C)C)cc2F)c[n+](CCCNC(=O)OC(C)(C)C)n1C. The molecule has 1 unspecified atom stereocenters. The van der Waals surface area contributed by atoms with Crippen molar-refractivity contribution in [3.63, 3.8) is 0 Å². The summed E-state index contributed by atoms with van der Waals surface area (Å²) in [7, 11) is -3.52. The van der Waals surface area contributed by atoms with E-state index in [4.69, 9.17) is 28.5 Å². The fourth-order valence-electron chi connectivity index (χ4n) is 6.23. The number of hydrogen-bond acceptors (Lipinski definition) is 18. The lowest BCUT2D eigenvalue weighted by molar-refractivity contribution is -0.772. The number of nitrogens with one attached hydrogen (secondary N) is 4. The van der Waals surface area contributed by atoms with E-state index in [-0.39, 0.29) is 46.7 Å². The number of carbonyl (C=O) groups is 6. The van der Waals surface area contributed by atoms with Crippen LogP contribution in [0.5, 0.6) is 5.75 Å². The van der Waals surface area contributed by atoms with Crippen molar-refractivity contribution in [1.29, 1.82) is 0 Å². The average molecular weight is 1060 g/mol. The van der Waals surface area contributed by atoms with Crippen LogP contribution in [0.2, 0.25) is 0 Å². The lowest BCUT2D eigenvalue weighted by Gasteiger charge is -2.50. The number of nitrogens with zero attached hydrogens (tertiary/aromatic N) is 5. The van der Waals surface area contributed by atoms with Gasteiger partial charge in [-0.1, -0.05) is 17.8 Å². The number of esters is 1. The fourth-order valence-corrected chi connectivity index (χ4v) is 7.36. The highest BCUT2D eigenvalue weighted by Crippen LogP contribution is 2.34. The Bertz CT molecular complexity index is 2670. The summed E-state index contributed by atoms with van der Waals surface area (Å²) in [4.78, 5) is 87.8. The molecule has 4 rings (SSSR count). The molecule has 3 aromatic rings. The molecule has 1 aliphatic rings. The van der Waals surface area contributed by atoms with E-state index in [1.165, 1.54) is 37.4 Å². The molecule has 25 nitrogen and oxygen atoms in total. The van der Waals surface area contributed by atoms with Gasteiger partial charge in [0.1, 0.15) is 53.3 Å². The zero-order valence-corrected chi connectivity index (χ0v) is 43.5. The first-order valence-electron chi connectivity index (χ1n) is 22.0. The number of thiazole rings is 1. The second kappa shape index (κ2) is 23.1. The largest absolute Gasteiger partial charge is 0.489 e. The van der Waals surface area contributed by atoms with E-state index in [0.717, 1.165) is 17.4 Å². The van der Waals surface area contributed by atoms with E-state index < -0.39 is 99.1 Å². The number of aryl methyl sites for hydroxylation is 1. The Hall–Kier alpha value is -6.91. The van der Waals surface area contributed by atoms with Crippen molar-refractivity contribution in [1.82, 2.24) is 25.4 Å². The van der Waals surface area contributed by atoms with Crippen LogP contribution in [0.1, 0.15) is 88.3 Å². The minimum Gasteiger partial charge on any atom is -0.489 e.